The predicted octanol–water partition coefficient (Wildman–Crippen LogP) is 0.949. The summed E-state index contributed by atoms with van der Waals surface area (Å²) in [6.07, 6.45) is 1.57. The second-order valence-corrected chi connectivity index (χ2v) is 3.96. The number of nitrogens with two attached hydrogens (primary N) is 1. The maximum absolute atomic E-state index is 13.5. The molecule has 0 aliphatic carbocycles. The number of nitrogens with zero attached hydrogens (tertiary/aromatic N) is 3. The first kappa shape index (κ1) is 13.0. The molecule has 1 aromatic carbocycles. The molecule has 7 heteroatoms. The molecule has 0 saturated carbocycles. The lowest BCUT2D eigenvalue weighted by Crippen LogP contribution is -2.25. The number of carbonyl (C=O) groups excluding carboxylic acids is 1. The molecule has 100 valence electrons. The van der Waals surface area contributed by atoms with Crippen LogP contribution in [-0.4, -0.2) is 20.7 Å². The van der Waals surface area contributed by atoms with Crippen LogP contribution in [-0.2, 0) is 13.1 Å². The highest BCUT2D eigenvalue weighted by molar-refractivity contribution is 5.95. The van der Waals surface area contributed by atoms with Gasteiger partial charge in [-0.15, -0.1) is 10.2 Å². The highest BCUT2D eigenvalue weighted by Crippen LogP contribution is 2.12. The summed E-state index contributed by atoms with van der Waals surface area (Å²) in [5, 5.41) is 10.2. The first-order valence-electron chi connectivity index (χ1n) is 5.81. The van der Waals surface area contributed by atoms with Crippen molar-refractivity contribution >= 4 is 11.6 Å². The molecule has 1 heterocycles. The maximum atomic E-state index is 13.5. The Hall–Kier alpha value is -2.44. The van der Waals surface area contributed by atoms with Crippen LogP contribution in [0.3, 0.4) is 0 Å². The molecule has 2 rings (SSSR count). The van der Waals surface area contributed by atoms with E-state index in [-0.39, 0.29) is 12.1 Å². The molecule has 3 N–H and O–H groups in total. The largest absolute Gasteiger partial charge is 0.399 e. The van der Waals surface area contributed by atoms with Gasteiger partial charge in [0.05, 0.1) is 12.1 Å². The highest BCUT2D eigenvalue weighted by Gasteiger charge is 2.13. The van der Waals surface area contributed by atoms with Gasteiger partial charge in [0.2, 0.25) is 0 Å². The Balaban J connectivity index is 2.07. The van der Waals surface area contributed by atoms with Crippen LogP contribution in [0.25, 0.3) is 0 Å². The quantitative estimate of drug-likeness (QED) is 0.804. The van der Waals surface area contributed by atoms with Crippen molar-refractivity contribution in [2.45, 2.75) is 20.0 Å². The van der Waals surface area contributed by atoms with E-state index in [0.29, 0.717) is 18.1 Å². The van der Waals surface area contributed by atoms with E-state index in [9.17, 15) is 9.18 Å². The topological polar surface area (TPSA) is 85.8 Å². The lowest BCUT2D eigenvalue weighted by molar-refractivity contribution is 0.0945. The van der Waals surface area contributed by atoms with Gasteiger partial charge in [-0.1, -0.05) is 0 Å². The number of nitrogens with one attached hydrogen (secondary N) is 1. The van der Waals surface area contributed by atoms with Crippen molar-refractivity contribution in [3.8, 4) is 0 Å². The van der Waals surface area contributed by atoms with E-state index >= 15 is 0 Å². The second-order valence-electron chi connectivity index (χ2n) is 3.96. The van der Waals surface area contributed by atoms with Crippen molar-refractivity contribution in [2.24, 2.45) is 0 Å². The fourth-order valence-corrected chi connectivity index (χ4v) is 1.65. The number of carbonyl (C=O) groups is 1. The number of anilines is 1. The lowest BCUT2D eigenvalue weighted by Gasteiger charge is -2.07. The Kier molecular flexibility index (Phi) is 3.74. The van der Waals surface area contributed by atoms with Crippen molar-refractivity contribution in [1.29, 1.82) is 0 Å². The van der Waals surface area contributed by atoms with Gasteiger partial charge in [0.1, 0.15) is 12.1 Å². The predicted molar refractivity (Wildman–Crippen MR) is 67.7 cm³/mol. The lowest BCUT2D eigenvalue weighted by atomic mass is 10.2. The summed E-state index contributed by atoms with van der Waals surface area (Å²) in [5.41, 5.74) is 5.78. The van der Waals surface area contributed by atoms with Crippen LogP contribution in [0.5, 0.6) is 0 Å². The third kappa shape index (κ3) is 2.87. The van der Waals surface area contributed by atoms with Gasteiger partial charge >= 0.3 is 0 Å². The number of aromatic nitrogens is 3. The molecule has 0 aliphatic rings. The molecule has 0 aliphatic heterocycles. The summed E-state index contributed by atoms with van der Waals surface area (Å²) in [6.45, 7) is 2.82. The molecule has 0 saturated heterocycles. The van der Waals surface area contributed by atoms with E-state index in [4.69, 9.17) is 5.73 Å². The number of rotatable bonds is 4. The minimum atomic E-state index is -0.608. The third-order valence-corrected chi connectivity index (χ3v) is 2.68. The average Bonchev–Trinajstić information content (AvgIpc) is 2.86. The number of amides is 1. The number of hydrogen-bond donors (Lipinski definition) is 2. The standard InChI is InChI=1S/C12H14FN5O/c1-2-18-7-16-17-11(18)6-15-12(19)9-5-8(14)3-4-10(9)13/h3-5,7H,2,6,14H2,1H3,(H,15,19). The molecule has 0 unspecified atom stereocenters. The molecule has 1 aromatic heterocycles. The number of aryl methyl sites for hydroxylation is 1. The minimum Gasteiger partial charge on any atom is -0.399 e. The molecule has 0 bridgehead atoms. The van der Waals surface area contributed by atoms with Gasteiger partial charge in [0.25, 0.3) is 5.91 Å². The molecule has 0 fully saturated rings. The Morgan fingerprint density at radius 1 is 1.53 bits per heavy atom. The second kappa shape index (κ2) is 5.47. The summed E-state index contributed by atoms with van der Waals surface area (Å²) in [4.78, 5) is 11.8. The van der Waals surface area contributed by atoms with Crippen LogP contribution in [0.4, 0.5) is 10.1 Å². The fraction of sp³-hybridized carbons (Fsp3) is 0.250. The van der Waals surface area contributed by atoms with Gasteiger partial charge < -0.3 is 15.6 Å². The van der Waals surface area contributed by atoms with Gasteiger partial charge in [-0.25, -0.2) is 4.39 Å². The fourth-order valence-electron chi connectivity index (χ4n) is 1.65. The Morgan fingerprint density at radius 3 is 3.05 bits per heavy atom. The third-order valence-electron chi connectivity index (χ3n) is 2.68. The van der Waals surface area contributed by atoms with Crippen molar-refractivity contribution in [1.82, 2.24) is 20.1 Å². The van der Waals surface area contributed by atoms with Crippen LogP contribution in [0.2, 0.25) is 0 Å². The maximum Gasteiger partial charge on any atom is 0.254 e. The van der Waals surface area contributed by atoms with Crippen LogP contribution in [0.1, 0.15) is 23.1 Å². The average molecular weight is 263 g/mol. The molecule has 0 atom stereocenters. The number of nitrogen functional groups attached to an aromatic ring is 1. The van der Waals surface area contributed by atoms with Crippen LogP contribution in [0, 0.1) is 5.82 Å². The molecule has 19 heavy (non-hydrogen) atoms. The Morgan fingerprint density at radius 2 is 2.32 bits per heavy atom. The normalized spacial score (nSPS) is 10.4. The number of halogens is 1. The van der Waals surface area contributed by atoms with Gasteiger partial charge in [-0.05, 0) is 25.1 Å². The molecule has 2 aromatic rings. The monoisotopic (exact) mass is 263 g/mol. The van der Waals surface area contributed by atoms with Gasteiger partial charge in [0, 0.05) is 12.2 Å². The number of benzene rings is 1. The number of hydrogen-bond acceptors (Lipinski definition) is 4. The van der Waals surface area contributed by atoms with Gasteiger partial charge in [0.15, 0.2) is 5.82 Å². The van der Waals surface area contributed by atoms with E-state index in [1.54, 1.807) is 10.9 Å². The molecule has 6 nitrogen and oxygen atoms in total. The summed E-state index contributed by atoms with van der Waals surface area (Å²) in [7, 11) is 0. The SMILES string of the molecule is CCn1cnnc1CNC(=O)c1cc(N)ccc1F. The van der Waals surface area contributed by atoms with E-state index in [1.165, 1.54) is 18.2 Å². The zero-order chi connectivity index (χ0) is 13.8. The minimum absolute atomic E-state index is 0.0810. The van der Waals surface area contributed by atoms with Gasteiger partial charge in [-0.2, -0.15) is 0 Å². The summed E-state index contributed by atoms with van der Waals surface area (Å²) in [6, 6.07) is 3.87. The molecule has 0 radical (unpaired) electrons. The van der Waals surface area contributed by atoms with Crippen molar-refractivity contribution in [3.63, 3.8) is 0 Å². The Labute approximate surface area is 109 Å². The van der Waals surface area contributed by atoms with Crippen molar-refractivity contribution < 1.29 is 9.18 Å². The zero-order valence-corrected chi connectivity index (χ0v) is 10.4. The van der Waals surface area contributed by atoms with Crippen LogP contribution < -0.4 is 11.1 Å². The summed E-state index contributed by atoms with van der Waals surface area (Å²) < 4.78 is 15.3. The van der Waals surface area contributed by atoms with E-state index in [0.717, 1.165) is 0 Å². The smallest absolute Gasteiger partial charge is 0.254 e. The van der Waals surface area contributed by atoms with Crippen molar-refractivity contribution in [2.75, 3.05) is 5.73 Å². The summed E-state index contributed by atoms with van der Waals surface area (Å²) in [5.74, 6) is -0.528. The highest BCUT2D eigenvalue weighted by atomic mass is 19.1. The van der Waals surface area contributed by atoms with E-state index in [1.807, 2.05) is 6.92 Å². The molecular weight excluding hydrogens is 249 g/mol. The Bertz CT molecular complexity index is 596. The van der Waals surface area contributed by atoms with Crippen LogP contribution in [0.15, 0.2) is 24.5 Å². The summed E-state index contributed by atoms with van der Waals surface area (Å²) >= 11 is 0. The van der Waals surface area contributed by atoms with E-state index < -0.39 is 11.7 Å². The first-order chi connectivity index (χ1) is 9.11. The molecule has 1 amide bonds. The van der Waals surface area contributed by atoms with Crippen molar-refractivity contribution in [3.05, 3.63) is 41.7 Å². The van der Waals surface area contributed by atoms with E-state index in [2.05, 4.69) is 15.5 Å². The van der Waals surface area contributed by atoms with Crippen LogP contribution >= 0.6 is 0 Å². The van der Waals surface area contributed by atoms with Gasteiger partial charge in [-0.3, -0.25) is 4.79 Å². The molecule has 0 spiro atoms. The zero-order valence-electron chi connectivity index (χ0n) is 10.4. The first-order valence-corrected chi connectivity index (χ1v) is 5.81. The molecular formula is C12H14FN5O.